The summed E-state index contributed by atoms with van der Waals surface area (Å²) in [7, 11) is 2.90. The molecule has 0 aromatic heterocycles. The third kappa shape index (κ3) is 2.86. The Morgan fingerprint density at radius 2 is 2.00 bits per heavy atom. The summed E-state index contributed by atoms with van der Waals surface area (Å²) < 4.78 is 42.3. The zero-order chi connectivity index (χ0) is 11.5. The minimum atomic E-state index is -4.38. The van der Waals surface area contributed by atoms with Gasteiger partial charge in [-0.2, -0.15) is 13.2 Å². The van der Waals surface area contributed by atoms with Crippen molar-refractivity contribution in [3.8, 4) is 5.75 Å². The number of benzene rings is 1. The standard InChI is InChI=1S/C10H12F3NO/c1-14-6-7-3-4-9(15-2)8(5-7)10(11,12)13/h3-5,14H,6H2,1-2H3. The molecule has 0 aliphatic heterocycles. The number of alkyl halides is 3. The molecule has 0 fully saturated rings. The van der Waals surface area contributed by atoms with Crippen molar-refractivity contribution in [2.45, 2.75) is 12.7 Å². The van der Waals surface area contributed by atoms with E-state index in [0.717, 1.165) is 6.07 Å². The second kappa shape index (κ2) is 4.53. The molecule has 0 atom stereocenters. The first-order valence-corrected chi connectivity index (χ1v) is 4.37. The van der Waals surface area contributed by atoms with Gasteiger partial charge in [0.25, 0.3) is 0 Å². The van der Waals surface area contributed by atoms with E-state index in [9.17, 15) is 13.2 Å². The molecular weight excluding hydrogens is 207 g/mol. The minimum absolute atomic E-state index is 0.151. The lowest BCUT2D eigenvalue weighted by Gasteiger charge is -2.13. The van der Waals surface area contributed by atoms with Crippen LogP contribution in [0.5, 0.6) is 5.75 Å². The van der Waals surface area contributed by atoms with Gasteiger partial charge in [-0.3, -0.25) is 0 Å². The Hall–Kier alpha value is -1.23. The van der Waals surface area contributed by atoms with E-state index in [1.807, 2.05) is 0 Å². The van der Waals surface area contributed by atoms with E-state index >= 15 is 0 Å². The van der Waals surface area contributed by atoms with E-state index in [4.69, 9.17) is 0 Å². The summed E-state index contributed by atoms with van der Waals surface area (Å²) in [4.78, 5) is 0. The predicted molar refractivity (Wildman–Crippen MR) is 50.8 cm³/mol. The maximum absolute atomic E-state index is 12.6. The highest BCUT2D eigenvalue weighted by atomic mass is 19.4. The van der Waals surface area contributed by atoms with Crippen molar-refractivity contribution in [1.29, 1.82) is 0 Å². The van der Waals surface area contributed by atoms with Gasteiger partial charge in [0.1, 0.15) is 5.75 Å². The molecule has 0 aliphatic rings. The SMILES string of the molecule is CNCc1ccc(OC)c(C(F)(F)F)c1. The molecule has 1 aromatic rings. The monoisotopic (exact) mass is 219 g/mol. The van der Waals surface area contributed by atoms with Gasteiger partial charge >= 0.3 is 6.18 Å². The molecule has 0 aliphatic carbocycles. The minimum Gasteiger partial charge on any atom is -0.496 e. The Balaban J connectivity index is 3.13. The molecule has 0 spiro atoms. The lowest BCUT2D eigenvalue weighted by molar-refractivity contribution is -0.138. The van der Waals surface area contributed by atoms with Crippen LogP contribution in [0.15, 0.2) is 18.2 Å². The maximum atomic E-state index is 12.6. The van der Waals surface area contributed by atoms with Crippen molar-refractivity contribution >= 4 is 0 Å². The summed E-state index contributed by atoms with van der Waals surface area (Å²) in [6.07, 6.45) is -4.38. The van der Waals surface area contributed by atoms with Crippen LogP contribution in [-0.4, -0.2) is 14.2 Å². The van der Waals surface area contributed by atoms with Gasteiger partial charge in [-0.05, 0) is 24.7 Å². The third-order valence-electron chi connectivity index (χ3n) is 1.95. The average molecular weight is 219 g/mol. The Labute approximate surface area is 86.1 Å². The lowest BCUT2D eigenvalue weighted by atomic mass is 10.1. The van der Waals surface area contributed by atoms with E-state index in [1.54, 1.807) is 13.1 Å². The molecule has 0 saturated heterocycles. The van der Waals surface area contributed by atoms with Crippen LogP contribution in [0.4, 0.5) is 13.2 Å². The summed E-state index contributed by atoms with van der Waals surface area (Å²) in [6, 6.07) is 4.02. The van der Waals surface area contributed by atoms with Gasteiger partial charge in [-0.25, -0.2) is 0 Å². The van der Waals surface area contributed by atoms with E-state index in [2.05, 4.69) is 10.1 Å². The van der Waals surface area contributed by atoms with E-state index in [-0.39, 0.29) is 5.75 Å². The highest BCUT2D eigenvalue weighted by Gasteiger charge is 2.34. The summed E-state index contributed by atoms with van der Waals surface area (Å²) in [5.74, 6) is -0.151. The molecule has 1 aromatic carbocycles. The lowest BCUT2D eigenvalue weighted by Crippen LogP contribution is -2.10. The van der Waals surface area contributed by atoms with Gasteiger partial charge in [-0.1, -0.05) is 6.07 Å². The van der Waals surface area contributed by atoms with Gasteiger partial charge < -0.3 is 10.1 Å². The van der Waals surface area contributed by atoms with Crippen LogP contribution < -0.4 is 10.1 Å². The van der Waals surface area contributed by atoms with Gasteiger partial charge in [0, 0.05) is 6.54 Å². The molecule has 15 heavy (non-hydrogen) atoms. The second-order valence-electron chi connectivity index (χ2n) is 3.06. The summed E-state index contributed by atoms with van der Waals surface area (Å²) in [5.41, 5.74) is -0.164. The van der Waals surface area contributed by atoms with Gasteiger partial charge in [0.15, 0.2) is 0 Å². The zero-order valence-electron chi connectivity index (χ0n) is 8.48. The van der Waals surface area contributed by atoms with Crippen LogP contribution in [0.2, 0.25) is 0 Å². The first kappa shape index (κ1) is 11.8. The molecule has 0 unspecified atom stereocenters. The molecule has 0 radical (unpaired) electrons. The predicted octanol–water partition coefficient (Wildman–Crippen LogP) is 2.43. The fraction of sp³-hybridized carbons (Fsp3) is 0.400. The van der Waals surface area contributed by atoms with Crippen molar-refractivity contribution in [2.75, 3.05) is 14.2 Å². The normalized spacial score (nSPS) is 11.5. The number of hydrogen-bond donors (Lipinski definition) is 1. The first-order chi connectivity index (χ1) is 6.99. The first-order valence-electron chi connectivity index (χ1n) is 4.37. The summed E-state index contributed by atoms with van der Waals surface area (Å²) in [6.45, 7) is 0.396. The highest BCUT2D eigenvalue weighted by Crippen LogP contribution is 2.36. The summed E-state index contributed by atoms with van der Waals surface area (Å²) >= 11 is 0. The van der Waals surface area contributed by atoms with Crippen LogP contribution in [0.1, 0.15) is 11.1 Å². The topological polar surface area (TPSA) is 21.3 Å². The van der Waals surface area contributed by atoms with E-state index < -0.39 is 11.7 Å². The largest absolute Gasteiger partial charge is 0.496 e. The molecule has 1 N–H and O–H groups in total. The number of ether oxygens (including phenoxy) is 1. The quantitative estimate of drug-likeness (QED) is 0.843. The number of hydrogen-bond acceptors (Lipinski definition) is 2. The molecule has 2 nitrogen and oxygen atoms in total. The van der Waals surface area contributed by atoms with E-state index in [0.29, 0.717) is 12.1 Å². The van der Waals surface area contributed by atoms with Crippen LogP contribution >= 0.6 is 0 Å². The molecule has 0 saturated carbocycles. The molecule has 0 bridgehead atoms. The van der Waals surface area contributed by atoms with Crippen LogP contribution in [0.25, 0.3) is 0 Å². The van der Waals surface area contributed by atoms with Crippen molar-refractivity contribution in [3.05, 3.63) is 29.3 Å². The Morgan fingerprint density at radius 3 is 2.47 bits per heavy atom. The van der Waals surface area contributed by atoms with Crippen molar-refractivity contribution in [2.24, 2.45) is 0 Å². The van der Waals surface area contributed by atoms with Gasteiger partial charge in [0.05, 0.1) is 12.7 Å². The molecule has 84 valence electrons. The zero-order valence-corrected chi connectivity index (χ0v) is 8.48. The molecule has 0 amide bonds. The van der Waals surface area contributed by atoms with Crippen LogP contribution in [0.3, 0.4) is 0 Å². The summed E-state index contributed by atoms with van der Waals surface area (Å²) in [5, 5.41) is 2.79. The Bertz CT molecular complexity index is 336. The van der Waals surface area contributed by atoms with Crippen LogP contribution in [0, 0.1) is 0 Å². The smallest absolute Gasteiger partial charge is 0.419 e. The average Bonchev–Trinajstić information content (AvgIpc) is 2.17. The highest BCUT2D eigenvalue weighted by molar-refractivity contribution is 5.39. The molecule has 5 heteroatoms. The van der Waals surface area contributed by atoms with Crippen molar-refractivity contribution in [1.82, 2.24) is 5.32 Å². The van der Waals surface area contributed by atoms with Crippen molar-refractivity contribution in [3.63, 3.8) is 0 Å². The second-order valence-corrected chi connectivity index (χ2v) is 3.06. The molecule has 0 heterocycles. The molecular formula is C10H12F3NO. The van der Waals surface area contributed by atoms with Gasteiger partial charge in [0.2, 0.25) is 0 Å². The number of halogens is 3. The number of nitrogens with one attached hydrogen (secondary N) is 1. The molecule has 1 rings (SSSR count). The van der Waals surface area contributed by atoms with Gasteiger partial charge in [-0.15, -0.1) is 0 Å². The Kier molecular flexibility index (Phi) is 3.57. The number of methoxy groups -OCH3 is 1. The fourth-order valence-electron chi connectivity index (χ4n) is 1.29. The number of rotatable bonds is 3. The van der Waals surface area contributed by atoms with Crippen LogP contribution in [-0.2, 0) is 12.7 Å². The fourth-order valence-corrected chi connectivity index (χ4v) is 1.29. The maximum Gasteiger partial charge on any atom is 0.419 e. The van der Waals surface area contributed by atoms with Crippen molar-refractivity contribution < 1.29 is 17.9 Å². The Morgan fingerprint density at radius 1 is 1.33 bits per heavy atom. The third-order valence-corrected chi connectivity index (χ3v) is 1.95. The van der Waals surface area contributed by atoms with E-state index in [1.165, 1.54) is 13.2 Å².